The van der Waals surface area contributed by atoms with E-state index in [9.17, 15) is 29.4 Å². The molecule has 2 aliphatic carbocycles. The first kappa shape index (κ1) is 27.1. The monoisotopic (exact) mass is 545 g/mol. The molecule has 0 amide bonds. The second-order valence-electron chi connectivity index (χ2n) is 10.6. The molecule has 2 bridgehead atoms. The summed E-state index contributed by atoms with van der Waals surface area (Å²) in [4.78, 5) is 50.2. The molecule has 0 radical (unpaired) electrons. The van der Waals surface area contributed by atoms with Crippen LogP contribution in [0.2, 0.25) is 0 Å². The Kier molecular flexibility index (Phi) is 6.68. The molecule has 1 aromatic rings. The fourth-order valence-electron chi connectivity index (χ4n) is 6.63. The van der Waals surface area contributed by atoms with Gasteiger partial charge < -0.3 is 39.2 Å². The van der Waals surface area contributed by atoms with Crippen LogP contribution >= 0.6 is 0 Å². The lowest BCUT2D eigenvalue weighted by molar-refractivity contribution is -0.179. The number of piperidine rings is 1. The standard InChI is InChI=1S/C27H31NO11/c1-13(24(32)33)36-25(34)18(37-14(2)30)11-20(31)38-17-6-7-27(35)19-10-15-4-5-16(12-29)22-21(15)26(27,23(17)39-22)8-9-28(19)3/h4-6,13,18-19,23,29,35H,7-12H2,1-3H3,(H,32,33)/t13-,18-,19+,23-,26-,27+/m0/s1. The number of hydrogen-bond acceptors (Lipinski definition) is 11. The molecule has 6 atom stereocenters. The van der Waals surface area contributed by atoms with Gasteiger partial charge in [0, 0.05) is 30.5 Å². The van der Waals surface area contributed by atoms with Crippen molar-refractivity contribution in [3.63, 3.8) is 0 Å². The number of aliphatic carboxylic acids is 1. The van der Waals surface area contributed by atoms with Gasteiger partial charge in [-0.15, -0.1) is 0 Å². The lowest BCUT2D eigenvalue weighted by Crippen LogP contribution is -2.74. The van der Waals surface area contributed by atoms with Crippen molar-refractivity contribution in [1.29, 1.82) is 0 Å². The number of carboxylic acid groups (broad SMARTS) is 1. The van der Waals surface area contributed by atoms with Crippen molar-refractivity contribution in [2.75, 3.05) is 13.6 Å². The summed E-state index contributed by atoms with van der Waals surface area (Å²) in [7, 11) is 1.97. The maximum absolute atomic E-state index is 13.0. The Labute approximate surface area is 224 Å². The molecule has 12 nitrogen and oxygen atoms in total. The van der Waals surface area contributed by atoms with E-state index in [0.29, 0.717) is 30.7 Å². The second-order valence-corrected chi connectivity index (χ2v) is 10.6. The molecule has 4 aliphatic rings. The highest BCUT2D eigenvalue weighted by atomic mass is 16.6. The van der Waals surface area contributed by atoms with Crippen LogP contribution in [0.1, 0.15) is 49.8 Å². The van der Waals surface area contributed by atoms with E-state index in [0.717, 1.165) is 25.0 Å². The second kappa shape index (κ2) is 9.61. The van der Waals surface area contributed by atoms with Crippen LogP contribution in [0.3, 0.4) is 0 Å². The van der Waals surface area contributed by atoms with Crippen molar-refractivity contribution in [3.8, 4) is 5.75 Å². The van der Waals surface area contributed by atoms with Gasteiger partial charge in [0.25, 0.3) is 0 Å². The van der Waals surface area contributed by atoms with Crippen molar-refractivity contribution in [1.82, 2.24) is 4.90 Å². The molecule has 12 heteroatoms. The van der Waals surface area contributed by atoms with E-state index in [1.54, 1.807) is 12.1 Å². The van der Waals surface area contributed by atoms with E-state index in [2.05, 4.69) is 4.90 Å². The number of benzene rings is 1. The molecule has 1 aromatic carbocycles. The van der Waals surface area contributed by atoms with Crippen molar-refractivity contribution in [2.45, 2.75) is 81.5 Å². The van der Waals surface area contributed by atoms with Crippen molar-refractivity contribution < 1.29 is 53.4 Å². The molecular formula is C27H31NO11. The van der Waals surface area contributed by atoms with Gasteiger partial charge >= 0.3 is 23.9 Å². The summed E-state index contributed by atoms with van der Waals surface area (Å²) in [5.41, 5.74) is 0.256. The predicted molar refractivity (Wildman–Crippen MR) is 130 cm³/mol. The average Bonchev–Trinajstić information content (AvgIpc) is 3.23. The van der Waals surface area contributed by atoms with Crippen LogP contribution < -0.4 is 4.74 Å². The minimum absolute atomic E-state index is 0.148. The van der Waals surface area contributed by atoms with Crippen LogP contribution in [-0.2, 0) is 51.8 Å². The van der Waals surface area contributed by atoms with Gasteiger partial charge in [0.15, 0.2) is 12.2 Å². The molecule has 1 fully saturated rings. The zero-order chi connectivity index (χ0) is 28.3. The molecule has 0 saturated carbocycles. The number of aliphatic hydroxyl groups is 2. The van der Waals surface area contributed by atoms with E-state index < -0.39 is 59.6 Å². The molecule has 2 aliphatic heterocycles. The Morgan fingerprint density at radius 2 is 1.97 bits per heavy atom. The summed E-state index contributed by atoms with van der Waals surface area (Å²) in [6, 6.07) is 3.54. The van der Waals surface area contributed by atoms with E-state index >= 15 is 0 Å². The summed E-state index contributed by atoms with van der Waals surface area (Å²) in [6.45, 7) is 2.56. The van der Waals surface area contributed by atoms with Crippen LogP contribution in [0.25, 0.3) is 0 Å². The van der Waals surface area contributed by atoms with Crippen molar-refractivity contribution >= 4 is 23.9 Å². The highest BCUT2D eigenvalue weighted by Gasteiger charge is 2.71. The fourth-order valence-corrected chi connectivity index (χ4v) is 6.63. The first-order valence-electron chi connectivity index (χ1n) is 12.8. The minimum Gasteiger partial charge on any atom is -0.481 e. The number of rotatable bonds is 8. The van der Waals surface area contributed by atoms with Crippen molar-refractivity contribution in [2.24, 2.45) is 0 Å². The van der Waals surface area contributed by atoms with Crippen LogP contribution in [0.4, 0.5) is 0 Å². The zero-order valence-corrected chi connectivity index (χ0v) is 21.8. The Morgan fingerprint density at radius 1 is 1.23 bits per heavy atom. The number of carboxylic acids is 1. The van der Waals surface area contributed by atoms with Crippen molar-refractivity contribution in [3.05, 3.63) is 40.7 Å². The molecule has 0 aromatic heterocycles. The molecule has 2 heterocycles. The summed E-state index contributed by atoms with van der Waals surface area (Å²) < 4.78 is 21.8. The summed E-state index contributed by atoms with van der Waals surface area (Å²) in [5, 5.41) is 31.2. The Hall–Kier alpha value is -3.48. The molecule has 39 heavy (non-hydrogen) atoms. The van der Waals surface area contributed by atoms with Crippen LogP contribution in [-0.4, -0.2) is 87.6 Å². The number of aliphatic hydroxyl groups excluding tert-OH is 1. The van der Waals surface area contributed by atoms with Crippen LogP contribution in [0.5, 0.6) is 5.75 Å². The molecule has 5 rings (SSSR count). The molecule has 1 spiro atoms. The Morgan fingerprint density at radius 3 is 2.64 bits per heavy atom. The first-order chi connectivity index (χ1) is 18.4. The average molecular weight is 546 g/mol. The van der Waals surface area contributed by atoms with Gasteiger partial charge in [-0.3, -0.25) is 9.59 Å². The van der Waals surface area contributed by atoms with Gasteiger partial charge in [0.05, 0.1) is 24.0 Å². The highest BCUT2D eigenvalue weighted by molar-refractivity contribution is 5.86. The number of likely N-dealkylation sites (N-methyl/N-ethyl adjacent to an activating group) is 1. The van der Waals surface area contributed by atoms with Gasteiger partial charge in [-0.25, -0.2) is 9.59 Å². The summed E-state index contributed by atoms with van der Waals surface area (Å²) in [6.07, 6.45) is -1.93. The molecule has 0 unspecified atom stereocenters. The predicted octanol–water partition coefficient (Wildman–Crippen LogP) is 0.338. The number of esters is 3. The summed E-state index contributed by atoms with van der Waals surface area (Å²) in [5.74, 6) is -3.78. The third-order valence-electron chi connectivity index (χ3n) is 8.42. The summed E-state index contributed by atoms with van der Waals surface area (Å²) >= 11 is 0. The highest BCUT2D eigenvalue weighted by Crippen LogP contribution is 2.64. The maximum Gasteiger partial charge on any atom is 0.348 e. The van der Waals surface area contributed by atoms with E-state index in [1.165, 1.54) is 0 Å². The van der Waals surface area contributed by atoms with Gasteiger partial charge in [-0.05, 0) is 45.0 Å². The van der Waals surface area contributed by atoms with E-state index in [1.807, 2.05) is 13.1 Å². The number of carbonyl (C=O) groups excluding carboxylic acids is 3. The van der Waals surface area contributed by atoms with E-state index in [-0.39, 0.29) is 24.8 Å². The van der Waals surface area contributed by atoms with Gasteiger partial charge in [0.2, 0.25) is 6.10 Å². The smallest absolute Gasteiger partial charge is 0.348 e. The Bertz CT molecular complexity index is 1270. The maximum atomic E-state index is 13.0. The minimum atomic E-state index is -1.72. The van der Waals surface area contributed by atoms with Crippen LogP contribution in [0, 0.1) is 0 Å². The number of hydrogen-bond donors (Lipinski definition) is 3. The Balaban J connectivity index is 1.44. The quantitative estimate of drug-likeness (QED) is 0.303. The number of carbonyl (C=O) groups is 4. The molecule has 3 N–H and O–H groups in total. The van der Waals surface area contributed by atoms with Crippen LogP contribution in [0.15, 0.2) is 24.0 Å². The topological polar surface area (TPSA) is 169 Å². The molecular weight excluding hydrogens is 514 g/mol. The number of likely N-dealkylation sites (tertiary alicyclic amines) is 1. The third kappa shape index (κ3) is 4.09. The van der Waals surface area contributed by atoms with Gasteiger partial charge in [0.1, 0.15) is 11.5 Å². The fraction of sp³-hybridized carbons (Fsp3) is 0.556. The van der Waals surface area contributed by atoms with Gasteiger partial charge in [-0.2, -0.15) is 0 Å². The normalized spacial score (nSPS) is 29.7. The lowest BCUT2D eigenvalue weighted by atomic mass is 9.50. The largest absolute Gasteiger partial charge is 0.481 e. The van der Waals surface area contributed by atoms with Gasteiger partial charge in [-0.1, -0.05) is 12.1 Å². The number of nitrogens with zero attached hydrogens (tertiary/aromatic N) is 1. The molecule has 1 saturated heterocycles. The third-order valence-corrected chi connectivity index (χ3v) is 8.42. The zero-order valence-electron chi connectivity index (χ0n) is 21.8. The first-order valence-corrected chi connectivity index (χ1v) is 12.8. The van der Waals surface area contributed by atoms with E-state index in [4.69, 9.17) is 24.1 Å². The number of ether oxygens (including phenoxy) is 4. The lowest BCUT2D eigenvalue weighted by Gasteiger charge is -2.61. The molecule has 210 valence electrons. The SMILES string of the molecule is CC(=O)O[C@@H](CC(=O)OC1=CC[C@@]2(O)[C@H]3Cc4ccc(CO)c5c4[C@@]2(CCN3C)[C@H]1O5)C(=O)O[C@@H](C)C(=O)O.